The maximum Gasteiger partial charge on any atom is 0.306 e. The molecule has 3 saturated heterocycles. The van der Waals surface area contributed by atoms with Crippen LogP contribution in [-0.2, 0) is 28.7 Å². The van der Waals surface area contributed by atoms with E-state index in [4.69, 9.17) is 21.1 Å². The number of fused-ring (bicyclic) bond motifs is 1. The summed E-state index contributed by atoms with van der Waals surface area (Å²) in [6, 6.07) is 14.0. The van der Waals surface area contributed by atoms with Gasteiger partial charge in [0.1, 0.15) is 18.2 Å². The minimum absolute atomic E-state index is 0.110. The van der Waals surface area contributed by atoms with Crippen molar-refractivity contribution in [1.82, 2.24) is 10.2 Å². The van der Waals surface area contributed by atoms with E-state index in [0.29, 0.717) is 23.6 Å². The average Bonchev–Trinajstić information content (AvgIpc) is 3.64. The van der Waals surface area contributed by atoms with Crippen molar-refractivity contribution in [3.63, 3.8) is 0 Å². The predicted octanol–water partition coefficient (Wildman–Crippen LogP) is 3.97. The highest BCUT2D eigenvalue weighted by Crippen LogP contribution is 2.60. The van der Waals surface area contributed by atoms with Gasteiger partial charge in [-0.3, -0.25) is 19.2 Å². The highest BCUT2D eigenvalue weighted by atomic mass is 79.9. The first kappa shape index (κ1) is 33.8. The second kappa shape index (κ2) is 14.5. The number of aliphatic hydroxyl groups excluding tert-OH is 1. The Bertz CT molecular complexity index is 1470. The van der Waals surface area contributed by atoms with Crippen LogP contribution in [0.3, 0.4) is 0 Å². The molecule has 1 unspecified atom stereocenters. The Morgan fingerprint density at radius 1 is 1.17 bits per heavy atom. The van der Waals surface area contributed by atoms with Gasteiger partial charge in [-0.1, -0.05) is 70.0 Å². The quantitative estimate of drug-likeness (QED) is 0.173. The number of benzene rings is 2. The third-order valence-electron chi connectivity index (χ3n) is 8.86. The second-order valence-corrected chi connectivity index (χ2v) is 13.2. The first-order valence-electron chi connectivity index (χ1n) is 15.2. The van der Waals surface area contributed by atoms with Gasteiger partial charge in [-0.15, -0.1) is 13.2 Å². The van der Waals surface area contributed by atoms with Gasteiger partial charge >= 0.3 is 5.97 Å². The van der Waals surface area contributed by atoms with Gasteiger partial charge in [0, 0.05) is 35.0 Å². The summed E-state index contributed by atoms with van der Waals surface area (Å²) in [6.07, 6.45) is 3.45. The number of esters is 1. The molecule has 0 radical (unpaired) electrons. The summed E-state index contributed by atoms with van der Waals surface area (Å²) in [7, 11) is 0. The molecule has 0 aromatic heterocycles. The van der Waals surface area contributed by atoms with E-state index in [2.05, 4.69) is 34.4 Å². The second-order valence-electron chi connectivity index (χ2n) is 11.6. The number of carbonyl (C=O) groups is 4. The summed E-state index contributed by atoms with van der Waals surface area (Å²) < 4.78 is 12.1. The van der Waals surface area contributed by atoms with E-state index < -0.39 is 59.3 Å². The fraction of sp³-hybridized carbons (Fsp3) is 0.412. The number of amides is 3. The van der Waals surface area contributed by atoms with Crippen LogP contribution in [0.5, 0.6) is 0 Å². The molecule has 0 aliphatic carbocycles. The minimum Gasteiger partial charge on any atom is -0.463 e. The van der Waals surface area contributed by atoms with E-state index in [0.717, 1.165) is 5.56 Å². The Hall–Kier alpha value is -3.51. The number of likely N-dealkylation sites (tertiary alicyclic amines) is 1. The fourth-order valence-electron chi connectivity index (χ4n) is 6.92. The van der Waals surface area contributed by atoms with Crippen LogP contribution in [0.1, 0.15) is 30.9 Å². The van der Waals surface area contributed by atoms with Gasteiger partial charge in [0.25, 0.3) is 5.91 Å². The predicted molar refractivity (Wildman–Crippen MR) is 176 cm³/mol. The zero-order chi connectivity index (χ0) is 33.0. The Morgan fingerprint density at radius 2 is 1.89 bits per heavy atom. The summed E-state index contributed by atoms with van der Waals surface area (Å²) in [5.41, 5.74) is -0.0523. The number of ether oxygens (including phenoxy) is 2. The first-order valence-corrected chi connectivity index (χ1v) is 16.5. The fourth-order valence-corrected chi connectivity index (χ4v) is 7.99. The van der Waals surface area contributed by atoms with Gasteiger partial charge < -0.3 is 29.7 Å². The van der Waals surface area contributed by atoms with E-state index in [1.165, 1.54) is 9.80 Å². The number of carbonyl (C=O) groups excluding carboxylic acids is 4. The smallest absolute Gasteiger partial charge is 0.306 e. The van der Waals surface area contributed by atoms with Crippen LogP contribution in [0.2, 0.25) is 5.02 Å². The lowest BCUT2D eigenvalue weighted by atomic mass is 9.70. The largest absolute Gasteiger partial charge is 0.463 e. The van der Waals surface area contributed by atoms with Crippen LogP contribution in [0.15, 0.2) is 79.9 Å². The molecule has 244 valence electrons. The van der Waals surface area contributed by atoms with Gasteiger partial charge in [0.05, 0.1) is 30.6 Å². The molecule has 1 spiro atoms. The van der Waals surface area contributed by atoms with E-state index >= 15 is 0 Å². The molecule has 3 aliphatic rings. The highest BCUT2D eigenvalue weighted by Gasteiger charge is 2.76. The number of β-amino-alcohol motifs (C(OH)–C–C–N with tert-alkyl or cyclic N) is 1. The van der Waals surface area contributed by atoms with E-state index in [-0.39, 0.29) is 37.6 Å². The van der Waals surface area contributed by atoms with Crippen molar-refractivity contribution in [2.75, 3.05) is 31.2 Å². The number of nitrogens with zero attached hydrogens (tertiary/aromatic N) is 2. The number of anilines is 1. The molecule has 0 saturated carbocycles. The SMILES string of the molecule is C=CCCC(=O)OC[C@H](NC(=O)[C@H]1[C@@H]2O[C@@]3(CC2Br)[C@@H]1C(=O)N(CCO)[C@@H]3C(=O)N(CC=C)c1ccc(Cl)cc1)c1ccccc1. The highest BCUT2D eigenvalue weighted by molar-refractivity contribution is 9.09. The number of allylic oxidation sites excluding steroid dienone is 1. The lowest BCUT2D eigenvalue weighted by Gasteiger charge is -2.37. The van der Waals surface area contributed by atoms with Crippen molar-refractivity contribution >= 4 is 56.9 Å². The lowest BCUT2D eigenvalue weighted by molar-refractivity contribution is -0.146. The molecule has 10 nitrogen and oxygen atoms in total. The molecule has 2 aromatic carbocycles. The van der Waals surface area contributed by atoms with Crippen LogP contribution in [-0.4, -0.2) is 82.6 Å². The molecular formula is C34H37BrClN3O7. The summed E-state index contributed by atoms with van der Waals surface area (Å²) in [5, 5.41) is 13.5. The maximum atomic E-state index is 14.5. The summed E-state index contributed by atoms with van der Waals surface area (Å²) in [5.74, 6) is -3.65. The lowest BCUT2D eigenvalue weighted by Crippen LogP contribution is -2.57. The Balaban J connectivity index is 1.46. The maximum absolute atomic E-state index is 14.5. The van der Waals surface area contributed by atoms with Gasteiger partial charge in [0.2, 0.25) is 11.8 Å². The van der Waals surface area contributed by atoms with E-state index in [1.54, 1.807) is 36.4 Å². The normalized spacial score (nSPS) is 26.7. The number of nitrogens with one attached hydrogen (secondary N) is 1. The monoisotopic (exact) mass is 713 g/mol. The molecule has 7 atom stereocenters. The molecule has 3 fully saturated rings. The van der Waals surface area contributed by atoms with Gasteiger partial charge in [0.15, 0.2) is 0 Å². The molecule has 12 heteroatoms. The molecule has 3 amide bonds. The van der Waals surface area contributed by atoms with Gasteiger partial charge in [-0.05, 0) is 42.7 Å². The van der Waals surface area contributed by atoms with Crippen molar-refractivity contribution in [2.24, 2.45) is 11.8 Å². The molecular weight excluding hydrogens is 678 g/mol. The zero-order valence-corrected chi connectivity index (χ0v) is 27.6. The van der Waals surface area contributed by atoms with Crippen LogP contribution in [0, 0.1) is 11.8 Å². The molecule has 2 N–H and O–H groups in total. The van der Waals surface area contributed by atoms with Crippen LogP contribution >= 0.6 is 27.5 Å². The Kier molecular flexibility index (Phi) is 10.7. The molecule has 46 heavy (non-hydrogen) atoms. The molecule has 3 aliphatic heterocycles. The number of alkyl halides is 1. The third kappa shape index (κ3) is 6.38. The minimum atomic E-state index is -1.32. The van der Waals surface area contributed by atoms with Crippen LogP contribution < -0.4 is 10.2 Å². The number of halogens is 2. The number of hydrogen-bond donors (Lipinski definition) is 2. The van der Waals surface area contributed by atoms with Crippen LogP contribution in [0.4, 0.5) is 5.69 Å². The van der Waals surface area contributed by atoms with E-state index in [9.17, 15) is 24.3 Å². The van der Waals surface area contributed by atoms with Crippen molar-refractivity contribution in [2.45, 2.75) is 47.9 Å². The molecule has 2 aromatic rings. The average molecular weight is 715 g/mol. The van der Waals surface area contributed by atoms with E-state index in [1.807, 2.05) is 30.3 Å². The summed E-state index contributed by atoms with van der Waals surface area (Å²) in [4.78, 5) is 57.7. The Morgan fingerprint density at radius 3 is 2.54 bits per heavy atom. The summed E-state index contributed by atoms with van der Waals surface area (Å²) in [6.45, 7) is 6.98. The van der Waals surface area contributed by atoms with Crippen molar-refractivity contribution in [3.8, 4) is 0 Å². The first-order chi connectivity index (χ1) is 22.2. The molecule has 5 rings (SSSR count). The number of aliphatic hydroxyl groups is 1. The molecule has 2 bridgehead atoms. The Labute approximate surface area is 281 Å². The topological polar surface area (TPSA) is 125 Å². The van der Waals surface area contributed by atoms with Crippen molar-refractivity contribution < 1.29 is 33.8 Å². The zero-order valence-electron chi connectivity index (χ0n) is 25.2. The van der Waals surface area contributed by atoms with Crippen molar-refractivity contribution in [1.29, 1.82) is 0 Å². The summed E-state index contributed by atoms with van der Waals surface area (Å²) >= 11 is 9.78. The van der Waals surface area contributed by atoms with Crippen LogP contribution in [0.25, 0.3) is 0 Å². The third-order valence-corrected chi connectivity index (χ3v) is 9.96. The van der Waals surface area contributed by atoms with Gasteiger partial charge in [-0.2, -0.15) is 0 Å². The number of hydrogen-bond acceptors (Lipinski definition) is 7. The number of rotatable bonds is 14. The van der Waals surface area contributed by atoms with Crippen molar-refractivity contribution in [3.05, 3.63) is 90.5 Å². The van der Waals surface area contributed by atoms with Gasteiger partial charge in [-0.25, -0.2) is 0 Å². The molecule has 3 heterocycles. The standard InChI is InChI=1S/C34H37BrClN3O7/c1-3-5-11-26(41)45-20-25(21-9-7-6-8-10-21)37-31(42)27-28-32(43)39(17-18-40)30(34(28)19-24(35)29(27)46-34)33(44)38(16-4-2)23-14-12-22(36)13-15-23/h3-4,6-10,12-15,24-25,27-30,40H,1-2,5,11,16-20H2,(H,37,42)/t24?,25-,27+,28-,29+,30+,34-/m0/s1.